The highest BCUT2D eigenvalue weighted by molar-refractivity contribution is 5.88. The Hall–Kier alpha value is -3.76. The van der Waals surface area contributed by atoms with Crippen molar-refractivity contribution in [1.82, 2.24) is 5.32 Å². The smallest absolute Gasteiger partial charge is 0.416 e. The topological polar surface area (TPSA) is 134 Å². The van der Waals surface area contributed by atoms with Crippen molar-refractivity contribution in [2.75, 3.05) is 20.3 Å². The summed E-state index contributed by atoms with van der Waals surface area (Å²) >= 11 is 0. The van der Waals surface area contributed by atoms with Gasteiger partial charge in [0.2, 0.25) is 5.91 Å². The number of aliphatic hydroxyl groups excluding tert-OH is 1. The average Bonchev–Trinajstić information content (AvgIpc) is 2.82. The lowest BCUT2D eigenvalue weighted by atomic mass is 10.0. The monoisotopic (exact) mass is 480 g/mol. The summed E-state index contributed by atoms with van der Waals surface area (Å²) in [4.78, 5) is 27.6. The fourth-order valence-corrected chi connectivity index (χ4v) is 3.03. The standard InChI is InChI=1S/C22H23F3N4O5/c1-33-21(32)19(13-14-2-6-16(7-3-14)22(23,24)25)27-20(31)18(28-29-26)12-15-4-8-17(9-5-15)34-11-10-30/h2-9,18-19,30H,10-13H2,1H3,(H,27,31)/t18-,19-/m0/s1. The number of amides is 1. The molecule has 0 heterocycles. The molecule has 0 unspecified atom stereocenters. The molecular formula is C22H23F3N4O5. The van der Waals surface area contributed by atoms with E-state index in [2.05, 4.69) is 15.3 Å². The van der Waals surface area contributed by atoms with E-state index in [4.69, 9.17) is 20.1 Å². The normalized spacial score (nSPS) is 12.7. The molecule has 0 fully saturated rings. The van der Waals surface area contributed by atoms with Crippen LogP contribution >= 0.6 is 0 Å². The van der Waals surface area contributed by atoms with Crippen LogP contribution in [0.3, 0.4) is 0 Å². The van der Waals surface area contributed by atoms with Crippen LogP contribution in [0.2, 0.25) is 0 Å². The highest BCUT2D eigenvalue weighted by Crippen LogP contribution is 2.29. The molecule has 9 nitrogen and oxygen atoms in total. The first-order valence-corrected chi connectivity index (χ1v) is 10.1. The molecule has 2 aromatic rings. The van der Waals surface area contributed by atoms with Crippen molar-refractivity contribution >= 4 is 11.9 Å². The summed E-state index contributed by atoms with van der Waals surface area (Å²) in [5, 5.41) is 14.7. The van der Waals surface area contributed by atoms with Crippen LogP contribution in [0.15, 0.2) is 53.6 Å². The van der Waals surface area contributed by atoms with Crippen LogP contribution in [-0.4, -0.2) is 49.4 Å². The second-order valence-electron chi connectivity index (χ2n) is 7.12. The molecular weight excluding hydrogens is 457 g/mol. The minimum atomic E-state index is -4.50. The second-order valence-corrected chi connectivity index (χ2v) is 7.12. The number of esters is 1. The zero-order chi connectivity index (χ0) is 25.1. The molecule has 182 valence electrons. The van der Waals surface area contributed by atoms with Gasteiger partial charge in [0.15, 0.2) is 0 Å². The maximum atomic E-state index is 12.8. The Bertz CT molecular complexity index is 1010. The average molecular weight is 480 g/mol. The predicted molar refractivity (Wildman–Crippen MR) is 115 cm³/mol. The van der Waals surface area contributed by atoms with Crippen LogP contribution in [-0.2, 0) is 33.3 Å². The van der Waals surface area contributed by atoms with Crippen LogP contribution in [0.4, 0.5) is 13.2 Å². The summed E-state index contributed by atoms with van der Waals surface area (Å²) in [5.74, 6) is -1.05. The number of halogens is 3. The molecule has 0 aliphatic heterocycles. The summed E-state index contributed by atoms with van der Waals surface area (Å²) in [7, 11) is 1.11. The third-order valence-corrected chi connectivity index (χ3v) is 4.73. The lowest BCUT2D eigenvalue weighted by Gasteiger charge is -2.19. The van der Waals surface area contributed by atoms with Gasteiger partial charge in [0.05, 0.1) is 19.3 Å². The number of nitrogens with one attached hydrogen (secondary N) is 1. The number of rotatable bonds is 11. The SMILES string of the molecule is COC(=O)[C@H](Cc1ccc(C(F)(F)F)cc1)NC(=O)[C@H](Cc1ccc(OCCO)cc1)N=[N+]=[N-]. The summed E-state index contributed by atoms with van der Waals surface area (Å²) < 4.78 is 48.3. The van der Waals surface area contributed by atoms with Crippen molar-refractivity contribution in [3.8, 4) is 5.75 Å². The van der Waals surface area contributed by atoms with E-state index in [9.17, 15) is 22.8 Å². The van der Waals surface area contributed by atoms with Crippen LogP contribution in [0, 0.1) is 0 Å². The number of hydrogen-bond acceptors (Lipinski definition) is 6. The zero-order valence-corrected chi connectivity index (χ0v) is 18.2. The largest absolute Gasteiger partial charge is 0.491 e. The van der Waals surface area contributed by atoms with Gasteiger partial charge in [-0.05, 0) is 47.3 Å². The Morgan fingerprint density at radius 2 is 1.68 bits per heavy atom. The van der Waals surface area contributed by atoms with Gasteiger partial charge in [-0.25, -0.2) is 4.79 Å². The number of methoxy groups -OCH3 is 1. The van der Waals surface area contributed by atoms with E-state index in [0.29, 0.717) is 16.9 Å². The highest BCUT2D eigenvalue weighted by Gasteiger charge is 2.31. The predicted octanol–water partition coefficient (Wildman–Crippen LogP) is 3.20. The number of aliphatic hydroxyl groups is 1. The van der Waals surface area contributed by atoms with Gasteiger partial charge in [-0.2, -0.15) is 13.2 Å². The van der Waals surface area contributed by atoms with Crippen LogP contribution in [0.25, 0.3) is 10.4 Å². The molecule has 2 aromatic carbocycles. The molecule has 0 saturated heterocycles. The van der Waals surface area contributed by atoms with Gasteiger partial charge in [-0.3, -0.25) is 4.79 Å². The first-order chi connectivity index (χ1) is 16.2. The first kappa shape index (κ1) is 26.5. The molecule has 0 aliphatic carbocycles. The van der Waals surface area contributed by atoms with E-state index in [1.165, 1.54) is 12.1 Å². The second kappa shape index (κ2) is 12.5. The molecule has 0 spiro atoms. The Morgan fingerprint density at radius 1 is 1.09 bits per heavy atom. The molecule has 2 rings (SSSR count). The van der Waals surface area contributed by atoms with Crippen LogP contribution in [0.5, 0.6) is 5.75 Å². The highest BCUT2D eigenvalue weighted by atomic mass is 19.4. The molecule has 34 heavy (non-hydrogen) atoms. The van der Waals surface area contributed by atoms with E-state index in [-0.39, 0.29) is 26.1 Å². The number of ether oxygens (including phenoxy) is 2. The van der Waals surface area contributed by atoms with Gasteiger partial charge in [0.25, 0.3) is 0 Å². The summed E-state index contributed by atoms with van der Waals surface area (Å²) in [6, 6.07) is 8.31. The van der Waals surface area contributed by atoms with Crippen molar-refractivity contribution < 1.29 is 37.3 Å². The summed E-state index contributed by atoms with van der Waals surface area (Å²) in [5.41, 5.74) is 9.03. The van der Waals surface area contributed by atoms with Crippen molar-refractivity contribution in [2.45, 2.75) is 31.1 Å². The third-order valence-electron chi connectivity index (χ3n) is 4.73. The number of benzene rings is 2. The first-order valence-electron chi connectivity index (χ1n) is 10.1. The Balaban J connectivity index is 2.11. The van der Waals surface area contributed by atoms with Crippen molar-refractivity contribution in [3.63, 3.8) is 0 Å². The Morgan fingerprint density at radius 3 is 2.21 bits per heavy atom. The fourth-order valence-electron chi connectivity index (χ4n) is 3.03. The number of nitrogens with zero attached hydrogens (tertiary/aromatic N) is 3. The van der Waals surface area contributed by atoms with Crippen molar-refractivity contribution in [2.24, 2.45) is 5.11 Å². The molecule has 12 heteroatoms. The Labute approximate surface area is 193 Å². The van der Waals surface area contributed by atoms with Gasteiger partial charge < -0.3 is 19.9 Å². The maximum Gasteiger partial charge on any atom is 0.416 e. The van der Waals surface area contributed by atoms with Gasteiger partial charge in [0.1, 0.15) is 24.4 Å². The fraction of sp³-hybridized carbons (Fsp3) is 0.364. The van der Waals surface area contributed by atoms with E-state index >= 15 is 0 Å². The molecule has 0 aliphatic rings. The van der Waals surface area contributed by atoms with E-state index in [1.807, 2.05) is 0 Å². The summed E-state index contributed by atoms with van der Waals surface area (Å²) in [6.45, 7) is -0.0222. The molecule has 0 bridgehead atoms. The van der Waals surface area contributed by atoms with Crippen molar-refractivity contribution in [1.29, 1.82) is 0 Å². The van der Waals surface area contributed by atoms with E-state index in [0.717, 1.165) is 19.2 Å². The summed E-state index contributed by atoms with van der Waals surface area (Å²) in [6.07, 6.45) is -4.61. The zero-order valence-electron chi connectivity index (χ0n) is 18.2. The lowest BCUT2D eigenvalue weighted by molar-refractivity contribution is -0.145. The quantitative estimate of drug-likeness (QED) is 0.221. The number of alkyl halides is 3. The van der Waals surface area contributed by atoms with Crippen molar-refractivity contribution in [3.05, 3.63) is 75.7 Å². The van der Waals surface area contributed by atoms with Crippen LogP contribution < -0.4 is 10.1 Å². The number of azide groups is 1. The van der Waals surface area contributed by atoms with E-state index in [1.54, 1.807) is 24.3 Å². The third kappa shape index (κ3) is 7.98. The molecule has 0 radical (unpaired) electrons. The van der Waals surface area contributed by atoms with E-state index < -0.39 is 35.7 Å². The number of hydrogen-bond donors (Lipinski definition) is 2. The molecule has 1 amide bonds. The van der Waals surface area contributed by atoms with Gasteiger partial charge >= 0.3 is 12.1 Å². The molecule has 2 atom stereocenters. The lowest BCUT2D eigenvalue weighted by Crippen LogP contribution is -2.47. The minimum Gasteiger partial charge on any atom is -0.491 e. The number of carbonyl (C=O) groups is 2. The molecule has 2 N–H and O–H groups in total. The minimum absolute atomic E-state index is 0.0182. The van der Waals surface area contributed by atoms with Gasteiger partial charge in [-0.15, -0.1) is 0 Å². The van der Waals surface area contributed by atoms with Crippen LogP contribution in [0.1, 0.15) is 16.7 Å². The van der Waals surface area contributed by atoms with Gasteiger partial charge in [-0.1, -0.05) is 29.4 Å². The maximum absolute atomic E-state index is 12.8. The molecule has 0 saturated carbocycles. The van der Waals surface area contributed by atoms with Gasteiger partial charge in [0, 0.05) is 11.3 Å². The number of carbonyl (C=O) groups excluding carboxylic acids is 2. The Kier molecular flexibility index (Phi) is 9.72. The molecule has 0 aromatic heterocycles.